The van der Waals surface area contributed by atoms with Crippen LogP contribution in [0.4, 0.5) is 5.69 Å². The molecule has 174 valence electrons. The Morgan fingerprint density at radius 2 is 1.84 bits per heavy atom. The van der Waals surface area contributed by atoms with E-state index in [1.165, 1.54) is 16.8 Å². The Hall–Kier alpha value is -2.73. The van der Waals surface area contributed by atoms with E-state index in [1.54, 1.807) is 0 Å². The molecule has 1 aliphatic rings. The van der Waals surface area contributed by atoms with Crippen LogP contribution in [0.15, 0.2) is 47.5 Å². The van der Waals surface area contributed by atoms with Crippen LogP contribution < -0.4 is 20.3 Å². The number of piperidine rings is 1. The molecule has 0 spiro atoms. The fraction of sp³-hybridized carbons (Fsp3) is 0.500. The molecule has 6 heteroatoms. The van der Waals surface area contributed by atoms with Crippen molar-refractivity contribution < 1.29 is 9.84 Å². The lowest BCUT2D eigenvalue weighted by molar-refractivity contribution is 0.203. The van der Waals surface area contributed by atoms with Gasteiger partial charge >= 0.3 is 0 Å². The number of hydrogen-bond acceptors (Lipinski definition) is 4. The summed E-state index contributed by atoms with van der Waals surface area (Å²) in [5.74, 6) is 2.18. The number of benzene rings is 2. The highest BCUT2D eigenvalue weighted by Crippen LogP contribution is 2.23. The van der Waals surface area contributed by atoms with E-state index in [9.17, 15) is 5.11 Å². The van der Waals surface area contributed by atoms with Crippen LogP contribution in [0.5, 0.6) is 5.75 Å². The Morgan fingerprint density at radius 1 is 1.09 bits per heavy atom. The molecule has 1 aliphatic heterocycles. The molecular formula is C26H38N4O2. The predicted octanol–water partition coefficient (Wildman–Crippen LogP) is 3.86. The SMILES string of the molecule is CCNC(=NCc1ccc(N2CCC(CO)CC2)cc1)NCc1ccc(C)cc1OCC. The monoisotopic (exact) mass is 438 g/mol. The highest BCUT2D eigenvalue weighted by atomic mass is 16.5. The van der Waals surface area contributed by atoms with Gasteiger partial charge in [0, 0.05) is 44.0 Å². The van der Waals surface area contributed by atoms with Crippen molar-refractivity contribution in [3.8, 4) is 5.75 Å². The molecule has 3 N–H and O–H groups in total. The number of aliphatic hydroxyl groups excluding tert-OH is 1. The van der Waals surface area contributed by atoms with Crippen molar-refractivity contribution in [3.63, 3.8) is 0 Å². The Labute approximate surface area is 192 Å². The predicted molar refractivity (Wildman–Crippen MR) is 132 cm³/mol. The maximum absolute atomic E-state index is 9.33. The summed E-state index contributed by atoms with van der Waals surface area (Å²) in [5, 5.41) is 16.1. The van der Waals surface area contributed by atoms with E-state index < -0.39 is 0 Å². The smallest absolute Gasteiger partial charge is 0.191 e. The highest BCUT2D eigenvalue weighted by molar-refractivity contribution is 5.79. The molecule has 1 saturated heterocycles. The van der Waals surface area contributed by atoms with Crippen molar-refractivity contribution in [2.45, 2.75) is 46.7 Å². The number of nitrogens with one attached hydrogen (secondary N) is 2. The van der Waals surface area contributed by atoms with E-state index in [2.05, 4.69) is 71.8 Å². The number of anilines is 1. The summed E-state index contributed by atoms with van der Waals surface area (Å²) in [6, 6.07) is 15.0. The van der Waals surface area contributed by atoms with Gasteiger partial charge in [-0.3, -0.25) is 0 Å². The summed E-state index contributed by atoms with van der Waals surface area (Å²) in [5.41, 5.74) is 4.75. The zero-order valence-electron chi connectivity index (χ0n) is 19.7. The number of ether oxygens (including phenoxy) is 1. The van der Waals surface area contributed by atoms with E-state index in [1.807, 2.05) is 6.92 Å². The number of guanidine groups is 1. The van der Waals surface area contributed by atoms with Crippen molar-refractivity contribution >= 4 is 11.6 Å². The fourth-order valence-electron chi connectivity index (χ4n) is 3.97. The molecule has 3 rings (SSSR count). The van der Waals surface area contributed by atoms with E-state index in [-0.39, 0.29) is 0 Å². The third-order valence-corrected chi connectivity index (χ3v) is 5.91. The Bertz CT molecular complexity index is 859. The van der Waals surface area contributed by atoms with E-state index in [4.69, 9.17) is 9.73 Å². The number of aliphatic hydroxyl groups is 1. The summed E-state index contributed by atoms with van der Waals surface area (Å²) in [7, 11) is 0. The van der Waals surface area contributed by atoms with Gasteiger partial charge in [-0.25, -0.2) is 4.99 Å². The Kier molecular flexibility index (Phi) is 9.23. The van der Waals surface area contributed by atoms with E-state index >= 15 is 0 Å². The quantitative estimate of drug-likeness (QED) is 0.410. The zero-order chi connectivity index (χ0) is 22.8. The fourth-order valence-corrected chi connectivity index (χ4v) is 3.97. The molecule has 0 atom stereocenters. The topological polar surface area (TPSA) is 69.1 Å². The summed E-state index contributed by atoms with van der Waals surface area (Å²) in [6.45, 7) is 11.2. The highest BCUT2D eigenvalue weighted by Gasteiger charge is 2.18. The first-order valence-electron chi connectivity index (χ1n) is 11.8. The molecule has 1 fully saturated rings. The van der Waals surface area contributed by atoms with E-state index in [0.717, 1.165) is 49.7 Å². The second kappa shape index (κ2) is 12.3. The van der Waals surface area contributed by atoms with Gasteiger partial charge in [-0.2, -0.15) is 0 Å². The Balaban J connectivity index is 1.58. The molecular weight excluding hydrogens is 400 g/mol. The van der Waals surface area contributed by atoms with Crippen LogP contribution in [0, 0.1) is 12.8 Å². The first-order chi connectivity index (χ1) is 15.6. The van der Waals surface area contributed by atoms with Crippen LogP contribution in [-0.2, 0) is 13.1 Å². The third-order valence-electron chi connectivity index (χ3n) is 5.91. The van der Waals surface area contributed by atoms with Crippen LogP contribution in [0.25, 0.3) is 0 Å². The van der Waals surface area contributed by atoms with Gasteiger partial charge in [0.05, 0.1) is 13.2 Å². The minimum Gasteiger partial charge on any atom is -0.494 e. The second-order valence-corrected chi connectivity index (χ2v) is 8.37. The van der Waals surface area contributed by atoms with Gasteiger partial charge in [0.2, 0.25) is 0 Å². The van der Waals surface area contributed by atoms with Gasteiger partial charge < -0.3 is 25.4 Å². The van der Waals surface area contributed by atoms with Crippen molar-refractivity contribution in [2.75, 3.05) is 37.7 Å². The molecule has 6 nitrogen and oxygen atoms in total. The van der Waals surface area contributed by atoms with Crippen LogP contribution >= 0.6 is 0 Å². The largest absolute Gasteiger partial charge is 0.494 e. The first-order valence-corrected chi connectivity index (χ1v) is 11.8. The van der Waals surface area contributed by atoms with Crippen molar-refractivity contribution in [1.82, 2.24) is 10.6 Å². The lowest BCUT2D eigenvalue weighted by atomic mass is 9.97. The van der Waals surface area contributed by atoms with Gasteiger partial charge in [0.15, 0.2) is 5.96 Å². The minimum absolute atomic E-state index is 0.309. The van der Waals surface area contributed by atoms with Gasteiger partial charge in [0.25, 0.3) is 0 Å². The third kappa shape index (κ3) is 6.89. The number of aliphatic imine (C=N–C) groups is 1. The number of nitrogens with zero attached hydrogens (tertiary/aromatic N) is 2. The average molecular weight is 439 g/mol. The summed E-state index contributed by atoms with van der Waals surface area (Å²) >= 11 is 0. The van der Waals surface area contributed by atoms with Crippen LogP contribution in [0.1, 0.15) is 43.4 Å². The number of hydrogen-bond donors (Lipinski definition) is 3. The number of aryl methyl sites for hydroxylation is 1. The zero-order valence-corrected chi connectivity index (χ0v) is 19.7. The molecule has 2 aromatic carbocycles. The molecule has 0 radical (unpaired) electrons. The lowest BCUT2D eigenvalue weighted by Gasteiger charge is -2.32. The van der Waals surface area contributed by atoms with Crippen LogP contribution in [0.2, 0.25) is 0 Å². The normalized spacial score (nSPS) is 15.0. The first kappa shape index (κ1) is 23.9. The number of rotatable bonds is 9. The minimum atomic E-state index is 0.309. The summed E-state index contributed by atoms with van der Waals surface area (Å²) in [6.07, 6.45) is 2.12. The van der Waals surface area contributed by atoms with Crippen molar-refractivity contribution in [3.05, 3.63) is 59.2 Å². The van der Waals surface area contributed by atoms with Crippen molar-refractivity contribution in [1.29, 1.82) is 0 Å². The molecule has 0 amide bonds. The maximum Gasteiger partial charge on any atom is 0.191 e. The molecule has 2 aromatic rings. The molecule has 1 heterocycles. The summed E-state index contributed by atoms with van der Waals surface area (Å²) < 4.78 is 5.80. The summed E-state index contributed by atoms with van der Waals surface area (Å²) in [4.78, 5) is 7.17. The van der Waals surface area contributed by atoms with Gasteiger partial charge in [0.1, 0.15) is 5.75 Å². The van der Waals surface area contributed by atoms with E-state index in [0.29, 0.717) is 32.2 Å². The second-order valence-electron chi connectivity index (χ2n) is 8.37. The van der Waals surface area contributed by atoms with Gasteiger partial charge in [-0.05, 0) is 68.9 Å². The van der Waals surface area contributed by atoms with Crippen LogP contribution in [-0.4, -0.2) is 43.9 Å². The standard InChI is InChI=1S/C26H38N4O2/c1-4-27-26(29-18-23-9-6-20(3)16-25(23)32-5-2)28-17-21-7-10-24(11-8-21)30-14-12-22(19-31)13-15-30/h6-11,16,22,31H,4-5,12-15,17-19H2,1-3H3,(H2,27,28,29). The lowest BCUT2D eigenvalue weighted by Crippen LogP contribution is -2.36. The van der Waals surface area contributed by atoms with Crippen molar-refractivity contribution in [2.24, 2.45) is 10.9 Å². The Morgan fingerprint density at radius 3 is 2.50 bits per heavy atom. The molecule has 0 aliphatic carbocycles. The molecule has 32 heavy (non-hydrogen) atoms. The molecule has 0 bridgehead atoms. The molecule has 0 saturated carbocycles. The molecule has 0 unspecified atom stereocenters. The van der Waals surface area contributed by atoms with Gasteiger partial charge in [-0.15, -0.1) is 0 Å². The van der Waals surface area contributed by atoms with Gasteiger partial charge in [-0.1, -0.05) is 24.3 Å². The van der Waals surface area contributed by atoms with Crippen LogP contribution in [0.3, 0.4) is 0 Å². The maximum atomic E-state index is 9.33. The molecule has 0 aromatic heterocycles. The average Bonchev–Trinajstić information content (AvgIpc) is 2.82.